The van der Waals surface area contributed by atoms with Crippen molar-refractivity contribution in [3.05, 3.63) is 35.4 Å². The Morgan fingerprint density at radius 3 is 3.00 bits per heavy atom. The van der Waals surface area contributed by atoms with Gasteiger partial charge < -0.3 is 14.8 Å². The molecule has 0 atom stereocenters. The number of hydrogen-bond acceptors (Lipinski definition) is 3. The molecule has 0 aromatic carbocycles. The molecule has 0 fully saturated rings. The summed E-state index contributed by atoms with van der Waals surface area (Å²) in [6, 6.07) is 3.76. The van der Waals surface area contributed by atoms with Gasteiger partial charge in [-0.15, -0.1) is 0 Å². The Labute approximate surface area is 92.7 Å². The van der Waals surface area contributed by atoms with Crippen LogP contribution in [0.2, 0.25) is 0 Å². The SMILES string of the molecule is CNCc1nc(C(=O)O)c2cc(C)ccn12. The van der Waals surface area contributed by atoms with Gasteiger partial charge in [0, 0.05) is 6.20 Å². The molecule has 2 N–H and O–H groups in total. The smallest absolute Gasteiger partial charge is 0.356 e. The number of aryl methyl sites for hydroxylation is 1. The molecule has 2 aromatic rings. The summed E-state index contributed by atoms with van der Waals surface area (Å²) in [4.78, 5) is 15.2. The van der Waals surface area contributed by atoms with Crippen LogP contribution in [0.1, 0.15) is 21.9 Å². The highest BCUT2D eigenvalue weighted by molar-refractivity contribution is 5.93. The largest absolute Gasteiger partial charge is 0.476 e. The van der Waals surface area contributed by atoms with E-state index in [9.17, 15) is 4.79 Å². The Balaban J connectivity index is 2.71. The molecule has 2 rings (SSSR count). The van der Waals surface area contributed by atoms with Gasteiger partial charge >= 0.3 is 5.97 Å². The van der Waals surface area contributed by atoms with Crippen LogP contribution in [0.25, 0.3) is 5.52 Å². The van der Waals surface area contributed by atoms with Crippen LogP contribution in [0.15, 0.2) is 18.3 Å². The lowest BCUT2D eigenvalue weighted by Crippen LogP contribution is -2.08. The Bertz CT molecular complexity index is 545. The monoisotopic (exact) mass is 219 g/mol. The van der Waals surface area contributed by atoms with Crippen molar-refractivity contribution in [1.82, 2.24) is 14.7 Å². The molecular weight excluding hydrogens is 206 g/mol. The second-order valence-electron chi connectivity index (χ2n) is 3.67. The number of aromatic nitrogens is 2. The van der Waals surface area contributed by atoms with Gasteiger partial charge in [-0.3, -0.25) is 0 Å². The van der Waals surface area contributed by atoms with E-state index in [2.05, 4.69) is 10.3 Å². The van der Waals surface area contributed by atoms with Gasteiger partial charge in [0.05, 0.1) is 12.1 Å². The minimum Gasteiger partial charge on any atom is -0.476 e. The average molecular weight is 219 g/mol. The number of carbonyl (C=O) groups is 1. The molecule has 0 aliphatic heterocycles. The predicted molar refractivity (Wildman–Crippen MR) is 59.7 cm³/mol. The van der Waals surface area contributed by atoms with Crippen molar-refractivity contribution in [3.63, 3.8) is 0 Å². The number of aromatic carboxylic acids is 1. The zero-order valence-corrected chi connectivity index (χ0v) is 9.19. The van der Waals surface area contributed by atoms with E-state index in [0.717, 1.165) is 5.56 Å². The zero-order valence-electron chi connectivity index (χ0n) is 9.19. The summed E-state index contributed by atoms with van der Waals surface area (Å²) in [5.74, 6) is -0.291. The van der Waals surface area contributed by atoms with E-state index < -0.39 is 5.97 Å². The maximum absolute atomic E-state index is 11.0. The van der Waals surface area contributed by atoms with E-state index >= 15 is 0 Å². The van der Waals surface area contributed by atoms with Gasteiger partial charge in [-0.2, -0.15) is 0 Å². The number of fused-ring (bicyclic) bond motifs is 1. The molecule has 84 valence electrons. The van der Waals surface area contributed by atoms with E-state index in [1.807, 2.05) is 25.3 Å². The lowest BCUT2D eigenvalue weighted by atomic mass is 10.2. The third-order valence-corrected chi connectivity index (χ3v) is 2.41. The minimum atomic E-state index is -0.995. The van der Waals surface area contributed by atoms with Crippen LogP contribution in [0.3, 0.4) is 0 Å². The molecule has 16 heavy (non-hydrogen) atoms. The number of rotatable bonds is 3. The summed E-state index contributed by atoms with van der Waals surface area (Å²) < 4.78 is 1.80. The number of nitrogens with one attached hydrogen (secondary N) is 1. The molecule has 0 bridgehead atoms. The van der Waals surface area contributed by atoms with Crippen molar-refractivity contribution in [3.8, 4) is 0 Å². The van der Waals surface area contributed by atoms with Gasteiger partial charge in [0.2, 0.25) is 0 Å². The Hall–Kier alpha value is -1.88. The summed E-state index contributed by atoms with van der Waals surface area (Å²) in [6.07, 6.45) is 1.84. The second kappa shape index (κ2) is 3.94. The van der Waals surface area contributed by atoms with Crippen molar-refractivity contribution in [2.24, 2.45) is 0 Å². The van der Waals surface area contributed by atoms with Gasteiger partial charge in [-0.1, -0.05) is 0 Å². The van der Waals surface area contributed by atoms with Gasteiger partial charge in [0.25, 0.3) is 0 Å². The molecule has 2 heterocycles. The van der Waals surface area contributed by atoms with Crippen LogP contribution >= 0.6 is 0 Å². The van der Waals surface area contributed by atoms with Crippen LogP contribution in [0.5, 0.6) is 0 Å². The first-order chi connectivity index (χ1) is 7.63. The standard InChI is InChI=1S/C11H13N3O2/c1-7-3-4-14-8(5-7)10(11(15)16)13-9(14)6-12-2/h3-5,12H,6H2,1-2H3,(H,15,16). The highest BCUT2D eigenvalue weighted by atomic mass is 16.4. The summed E-state index contributed by atoms with van der Waals surface area (Å²) in [5.41, 5.74) is 1.76. The molecule has 0 saturated carbocycles. The fraction of sp³-hybridized carbons (Fsp3) is 0.273. The number of nitrogens with zero attached hydrogens (tertiary/aromatic N) is 2. The van der Waals surface area contributed by atoms with Crippen LogP contribution in [-0.2, 0) is 6.54 Å². The molecule has 5 nitrogen and oxygen atoms in total. The van der Waals surface area contributed by atoms with Crippen LogP contribution in [0.4, 0.5) is 0 Å². The maximum atomic E-state index is 11.0. The normalized spacial score (nSPS) is 10.9. The molecule has 0 aliphatic rings. The fourth-order valence-corrected chi connectivity index (χ4v) is 1.69. The molecule has 5 heteroatoms. The van der Waals surface area contributed by atoms with Gasteiger partial charge in [-0.05, 0) is 31.7 Å². The molecule has 0 spiro atoms. The number of hydrogen-bond donors (Lipinski definition) is 2. The molecule has 0 saturated heterocycles. The van der Waals surface area contributed by atoms with Gasteiger partial charge in [-0.25, -0.2) is 9.78 Å². The lowest BCUT2D eigenvalue weighted by molar-refractivity contribution is 0.0693. The summed E-state index contributed by atoms with van der Waals surface area (Å²) in [7, 11) is 1.80. The van der Waals surface area contributed by atoms with Crippen molar-refractivity contribution in [2.45, 2.75) is 13.5 Å². The van der Waals surface area contributed by atoms with E-state index in [1.165, 1.54) is 0 Å². The van der Waals surface area contributed by atoms with E-state index in [4.69, 9.17) is 5.11 Å². The van der Waals surface area contributed by atoms with E-state index in [-0.39, 0.29) is 5.69 Å². The van der Waals surface area contributed by atoms with Crippen molar-refractivity contribution < 1.29 is 9.90 Å². The third-order valence-electron chi connectivity index (χ3n) is 2.41. The molecule has 0 unspecified atom stereocenters. The first-order valence-corrected chi connectivity index (χ1v) is 4.99. The first-order valence-electron chi connectivity index (χ1n) is 4.99. The van der Waals surface area contributed by atoms with Crippen molar-refractivity contribution >= 4 is 11.5 Å². The topological polar surface area (TPSA) is 66.6 Å². The molecule has 0 radical (unpaired) electrons. The van der Waals surface area contributed by atoms with Crippen LogP contribution in [-0.4, -0.2) is 27.5 Å². The van der Waals surface area contributed by atoms with Gasteiger partial charge in [0.1, 0.15) is 5.82 Å². The number of pyridine rings is 1. The van der Waals surface area contributed by atoms with E-state index in [0.29, 0.717) is 17.9 Å². The molecule has 0 aliphatic carbocycles. The number of carboxylic acid groups (broad SMARTS) is 1. The molecular formula is C11H13N3O2. The van der Waals surface area contributed by atoms with Crippen LogP contribution in [0, 0.1) is 6.92 Å². The highest BCUT2D eigenvalue weighted by Gasteiger charge is 2.15. The minimum absolute atomic E-state index is 0.106. The first kappa shape index (κ1) is 10.6. The third kappa shape index (κ3) is 1.65. The van der Waals surface area contributed by atoms with Crippen LogP contribution < -0.4 is 5.32 Å². The number of imidazole rings is 1. The summed E-state index contributed by atoms with van der Waals surface area (Å²) in [6.45, 7) is 2.47. The summed E-state index contributed by atoms with van der Waals surface area (Å²) >= 11 is 0. The highest BCUT2D eigenvalue weighted by Crippen LogP contribution is 2.15. The second-order valence-corrected chi connectivity index (χ2v) is 3.67. The number of carboxylic acids is 1. The van der Waals surface area contributed by atoms with Crippen molar-refractivity contribution in [1.29, 1.82) is 0 Å². The molecule has 0 amide bonds. The molecule has 2 aromatic heterocycles. The lowest BCUT2D eigenvalue weighted by Gasteiger charge is -2.00. The van der Waals surface area contributed by atoms with E-state index in [1.54, 1.807) is 11.4 Å². The zero-order chi connectivity index (χ0) is 11.7. The fourth-order valence-electron chi connectivity index (χ4n) is 1.69. The summed E-state index contributed by atoms with van der Waals surface area (Å²) in [5, 5.41) is 12.0. The Morgan fingerprint density at radius 2 is 2.38 bits per heavy atom. The average Bonchev–Trinajstić information content (AvgIpc) is 2.57. The van der Waals surface area contributed by atoms with Crippen molar-refractivity contribution in [2.75, 3.05) is 7.05 Å². The quantitative estimate of drug-likeness (QED) is 0.810. The maximum Gasteiger partial charge on any atom is 0.356 e. The Kier molecular flexibility index (Phi) is 2.62. The van der Waals surface area contributed by atoms with Gasteiger partial charge in [0.15, 0.2) is 5.69 Å². The Morgan fingerprint density at radius 1 is 1.62 bits per heavy atom. The predicted octanol–water partition coefficient (Wildman–Crippen LogP) is 1.06.